The third kappa shape index (κ3) is 13.5. The zero-order chi connectivity index (χ0) is 24.5. The summed E-state index contributed by atoms with van der Waals surface area (Å²) in [7, 11) is 0. The van der Waals surface area contributed by atoms with Crippen molar-refractivity contribution in [2.45, 2.75) is 69.5 Å². The maximum atomic E-state index is 12.8. The van der Waals surface area contributed by atoms with E-state index < -0.39 is 54.3 Å². The van der Waals surface area contributed by atoms with E-state index in [-0.39, 0.29) is 25.7 Å². The summed E-state index contributed by atoms with van der Waals surface area (Å²) in [5.41, 5.74) is 16.6. The van der Waals surface area contributed by atoms with Crippen molar-refractivity contribution < 1.29 is 34.2 Å². The molecular formula is C19H36N6O7. The van der Waals surface area contributed by atoms with Gasteiger partial charge in [0.05, 0.1) is 6.04 Å². The molecule has 3 unspecified atom stereocenters. The number of unbranched alkanes of at least 4 members (excludes halogenated alkanes) is 2. The second-order valence-electron chi connectivity index (χ2n) is 7.34. The summed E-state index contributed by atoms with van der Waals surface area (Å²) in [6.07, 6.45) is 2.30. The summed E-state index contributed by atoms with van der Waals surface area (Å²) in [6, 6.07) is -3.15. The Morgan fingerprint density at radius 3 is 1.66 bits per heavy atom. The molecule has 11 N–H and O–H groups in total. The van der Waals surface area contributed by atoms with Crippen LogP contribution >= 0.6 is 0 Å². The van der Waals surface area contributed by atoms with Crippen LogP contribution in [0.4, 0.5) is 0 Å². The van der Waals surface area contributed by atoms with Crippen molar-refractivity contribution in [3.05, 3.63) is 0 Å². The van der Waals surface area contributed by atoms with Gasteiger partial charge in [-0.3, -0.25) is 24.0 Å². The van der Waals surface area contributed by atoms with Gasteiger partial charge in [-0.15, -0.1) is 0 Å². The van der Waals surface area contributed by atoms with E-state index in [4.69, 9.17) is 27.4 Å². The number of rotatable bonds is 18. The quantitative estimate of drug-likeness (QED) is 0.101. The molecule has 184 valence electrons. The standard InChI is InChI=1S/C19H36N6O7/c20-9-3-1-5-13(18(31)23-11-16(28)29)25-19(32)14(6-2-4-10-21)24-17(30)12(22)7-8-15(26)27/h12-14H,1-11,20-22H2,(H,23,31)(H,24,30)(H,25,32)(H,26,27)(H,28,29). The third-order valence-electron chi connectivity index (χ3n) is 4.58. The number of hydrogen-bond donors (Lipinski definition) is 8. The van der Waals surface area contributed by atoms with Gasteiger partial charge in [0.15, 0.2) is 0 Å². The molecule has 13 heteroatoms. The maximum absolute atomic E-state index is 12.8. The zero-order valence-corrected chi connectivity index (χ0v) is 18.2. The van der Waals surface area contributed by atoms with Crippen LogP contribution in [0.15, 0.2) is 0 Å². The number of hydrogen-bond acceptors (Lipinski definition) is 8. The summed E-state index contributed by atoms with van der Waals surface area (Å²) >= 11 is 0. The molecular weight excluding hydrogens is 424 g/mol. The molecule has 0 saturated heterocycles. The van der Waals surface area contributed by atoms with E-state index in [9.17, 15) is 24.0 Å². The molecule has 0 aliphatic heterocycles. The zero-order valence-electron chi connectivity index (χ0n) is 18.2. The number of carboxylic acid groups (broad SMARTS) is 2. The van der Waals surface area contributed by atoms with Gasteiger partial charge in [0.2, 0.25) is 17.7 Å². The average molecular weight is 461 g/mol. The van der Waals surface area contributed by atoms with Gasteiger partial charge in [-0.2, -0.15) is 0 Å². The average Bonchev–Trinajstić information content (AvgIpc) is 2.74. The Labute approximate surface area is 186 Å². The lowest BCUT2D eigenvalue weighted by Gasteiger charge is -2.24. The largest absolute Gasteiger partial charge is 0.481 e. The van der Waals surface area contributed by atoms with E-state index in [1.807, 2.05) is 0 Å². The summed E-state index contributed by atoms with van der Waals surface area (Å²) < 4.78 is 0. The van der Waals surface area contributed by atoms with Gasteiger partial charge in [0.25, 0.3) is 0 Å². The highest BCUT2D eigenvalue weighted by Gasteiger charge is 2.28. The topological polar surface area (TPSA) is 240 Å². The van der Waals surface area contributed by atoms with Crippen LogP contribution in [0.25, 0.3) is 0 Å². The Bertz CT molecular complexity index is 631. The second-order valence-corrected chi connectivity index (χ2v) is 7.34. The van der Waals surface area contributed by atoms with Crippen molar-refractivity contribution >= 4 is 29.7 Å². The van der Waals surface area contributed by atoms with Crippen molar-refractivity contribution in [2.75, 3.05) is 19.6 Å². The predicted octanol–water partition coefficient (Wildman–Crippen LogP) is -2.39. The van der Waals surface area contributed by atoms with Gasteiger partial charge in [0.1, 0.15) is 18.6 Å². The second kappa shape index (κ2) is 16.9. The minimum atomic E-state index is -1.23. The molecule has 0 aliphatic rings. The van der Waals surface area contributed by atoms with Gasteiger partial charge in [-0.05, 0) is 58.0 Å². The smallest absolute Gasteiger partial charge is 0.322 e. The van der Waals surface area contributed by atoms with Crippen molar-refractivity contribution in [2.24, 2.45) is 17.2 Å². The normalized spacial score (nSPS) is 13.5. The fraction of sp³-hybridized carbons (Fsp3) is 0.737. The van der Waals surface area contributed by atoms with E-state index in [2.05, 4.69) is 16.0 Å². The van der Waals surface area contributed by atoms with Crippen LogP contribution < -0.4 is 33.2 Å². The van der Waals surface area contributed by atoms with Crippen molar-refractivity contribution in [1.29, 1.82) is 0 Å². The Kier molecular flexibility index (Phi) is 15.4. The van der Waals surface area contributed by atoms with Gasteiger partial charge in [0, 0.05) is 6.42 Å². The maximum Gasteiger partial charge on any atom is 0.322 e. The van der Waals surface area contributed by atoms with E-state index in [1.54, 1.807) is 0 Å². The van der Waals surface area contributed by atoms with Crippen molar-refractivity contribution in [3.63, 3.8) is 0 Å². The molecule has 0 aromatic heterocycles. The fourth-order valence-electron chi connectivity index (χ4n) is 2.77. The van der Waals surface area contributed by atoms with Gasteiger partial charge in [-0.1, -0.05) is 0 Å². The predicted molar refractivity (Wildman–Crippen MR) is 115 cm³/mol. The number of carbonyl (C=O) groups excluding carboxylic acids is 3. The first-order chi connectivity index (χ1) is 15.1. The molecule has 0 rings (SSSR count). The Morgan fingerprint density at radius 2 is 1.19 bits per heavy atom. The first-order valence-corrected chi connectivity index (χ1v) is 10.6. The highest BCUT2D eigenvalue weighted by Crippen LogP contribution is 2.06. The van der Waals surface area contributed by atoms with Crippen LogP contribution in [0.1, 0.15) is 51.4 Å². The molecule has 0 spiro atoms. The van der Waals surface area contributed by atoms with E-state index in [0.717, 1.165) is 0 Å². The van der Waals surface area contributed by atoms with Gasteiger partial charge >= 0.3 is 11.9 Å². The molecule has 0 radical (unpaired) electrons. The van der Waals surface area contributed by atoms with Crippen LogP contribution in [0.3, 0.4) is 0 Å². The van der Waals surface area contributed by atoms with Gasteiger partial charge < -0.3 is 43.4 Å². The first kappa shape index (κ1) is 29.2. The lowest BCUT2D eigenvalue weighted by atomic mass is 10.0. The number of nitrogens with two attached hydrogens (primary N) is 3. The van der Waals surface area contributed by atoms with Crippen LogP contribution in [-0.4, -0.2) is 77.6 Å². The Hall–Kier alpha value is -2.77. The minimum Gasteiger partial charge on any atom is -0.481 e. The monoisotopic (exact) mass is 460 g/mol. The van der Waals surface area contributed by atoms with Crippen molar-refractivity contribution in [3.8, 4) is 0 Å². The van der Waals surface area contributed by atoms with Crippen molar-refractivity contribution in [1.82, 2.24) is 16.0 Å². The highest BCUT2D eigenvalue weighted by molar-refractivity contribution is 5.93. The van der Waals surface area contributed by atoms with Crippen LogP contribution in [0, 0.1) is 0 Å². The molecule has 3 atom stereocenters. The molecule has 0 aromatic rings. The molecule has 13 nitrogen and oxygen atoms in total. The van der Waals surface area contributed by atoms with E-state index in [0.29, 0.717) is 38.8 Å². The Balaban J connectivity index is 5.21. The number of carboxylic acids is 2. The Morgan fingerprint density at radius 1 is 0.688 bits per heavy atom. The number of nitrogens with one attached hydrogen (secondary N) is 3. The summed E-state index contributed by atoms with van der Waals surface area (Å²) in [4.78, 5) is 58.9. The third-order valence-corrected chi connectivity index (χ3v) is 4.58. The lowest BCUT2D eigenvalue weighted by molar-refractivity contribution is -0.139. The molecule has 0 aromatic carbocycles. The lowest BCUT2D eigenvalue weighted by Crippen LogP contribution is -2.56. The number of aliphatic carboxylic acids is 2. The molecule has 0 aliphatic carbocycles. The number of carbonyl (C=O) groups is 5. The molecule has 32 heavy (non-hydrogen) atoms. The number of amides is 3. The van der Waals surface area contributed by atoms with E-state index >= 15 is 0 Å². The minimum absolute atomic E-state index is 0.0996. The molecule has 0 bridgehead atoms. The van der Waals surface area contributed by atoms with Crippen LogP contribution in [0.5, 0.6) is 0 Å². The van der Waals surface area contributed by atoms with Crippen LogP contribution in [0.2, 0.25) is 0 Å². The SMILES string of the molecule is NCCCCC(NC(=O)C(N)CCC(=O)O)C(=O)NC(CCCCN)C(=O)NCC(=O)O. The van der Waals surface area contributed by atoms with E-state index in [1.165, 1.54) is 0 Å². The molecule has 3 amide bonds. The molecule has 0 saturated carbocycles. The highest BCUT2D eigenvalue weighted by atomic mass is 16.4. The summed E-state index contributed by atoms with van der Waals surface area (Å²) in [6.45, 7) is 0.181. The molecule has 0 fully saturated rings. The summed E-state index contributed by atoms with van der Waals surface area (Å²) in [5.74, 6) is -4.31. The van der Waals surface area contributed by atoms with Crippen LogP contribution in [-0.2, 0) is 24.0 Å². The first-order valence-electron chi connectivity index (χ1n) is 10.6. The fourth-order valence-corrected chi connectivity index (χ4v) is 2.77. The van der Waals surface area contributed by atoms with Gasteiger partial charge in [-0.25, -0.2) is 0 Å². The molecule has 0 heterocycles. The summed E-state index contributed by atoms with van der Waals surface area (Å²) in [5, 5.41) is 24.8.